The molecule has 0 bridgehead atoms. The average molecular weight is 423 g/mol. The van der Waals surface area contributed by atoms with Crippen molar-refractivity contribution in [3.8, 4) is 0 Å². The molecule has 0 aliphatic carbocycles. The number of fused-ring (bicyclic) bond motifs is 1. The van der Waals surface area contributed by atoms with E-state index in [2.05, 4.69) is 15.6 Å². The van der Waals surface area contributed by atoms with Crippen LogP contribution < -0.4 is 16.4 Å². The summed E-state index contributed by atoms with van der Waals surface area (Å²) in [5.74, 6) is -1.49. The maximum Gasteiger partial charge on any atom is 0.254 e. The van der Waals surface area contributed by atoms with Gasteiger partial charge < -0.3 is 25.7 Å². The second kappa shape index (κ2) is 9.86. The largest absolute Gasteiger partial charge is 0.375 e. The third-order valence-corrected chi connectivity index (χ3v) is 4.78. The number of primary amides is 1. The van der Waals surface area contributed by atoms with Crippen LogP contribution in [0.1, 0.15) is 22.8 Å². The smallest absolute Gasteiger partial charge is 0.254 e. The zero-order valence-corrected chi connectivity index (χ0v) is 17.4. The molecule has 3 rings (SSSR count). The van der Waals surface area contributed by atoms with Crippen molar-refractivity contribution in [1.82, 2.24) is 14.9 Å². The van der Waals surface area contributed by atoms with E-state index in [-0.39, 0.29) is 18.1 Å². The van der Waals surface area contributed by atoms with Gasteiger partial charge in [-0.1, -0.05) is 30.3 Å². The molecular weight excluding hydrogens is 398 g/mol. The first-order valence-corrected chi connectivity index (χ1v) is 9.81. The lowest BCUT2D eigenvalue weighted by atomic mass is 10.1. The minimum atomic E-state index is -0.852. The fraction of sp³-hybridized carbons (Fsp3) is 0.273. The highest BCUT2D eigenvalue weighted by atomic mass is 16.5. The number of carbonyl (C=O) groups is 3. The lowest BCUT2D eigenvalue weighted by Crippen LogP contribution is -2.42. The number of anilines is 1. The number of nitrogens with two attached hydrogens (primary N) is 1. The third kappa shape index (κ3) is 5.46. The van der Waals surface area contributed by atoms with Crippen molar-refractivity contribution in [3.63, 3.8) is 0 Å². The lowest BCUT2D eigenvalue weighted by molar-refractivity contribution is -0.120. The molecule has 2 aromatic carbocycles. The number of aromatic nitrogens is 2. The van der Waals surface area contributed by atoms with E-state index in [9.17, 15) is 14.4 Å². The van der Waals surface area contributed by atoms with Crippen LogP contribution in [0.4, 0.5) is 5.69 Å². The van der Waals surface area contributed by atoms with Crippen molar-refractivity contribution in [2.75, 3.05) is 19.0 Å². The van der Waals surface area contributed by atoms with Crippen LogP contribution in [0.15, 0.2) is 48.8 Å². The van der Waals surface area contributed by atoms with Gasteiger partial charge in [-0.15, -0.1) is 0 Å². The topological polar surface area (TPSA) is 128 Å². The summed E-state index contributed by atoms with van der Waals surface area (Å²) in [4.78, 5) is 40.7. The number of imidazole rings is 1. The summed E-state index contributed by atoms with van der Waals surface area (Å²) in [5.41, 5.74) is 8.27. The van der Waals surface area contributed by atoms with Gasteiger partial charge in [0.2, 0.25) is 11.8 Å². The number of methoxy groups -OCH3 is 1. The number of aryl methyl sites for hydroxylation is 2. The van der Waals surface area contributed by atoms with E-state index in [0.29, 0.717) is 23.3 Å². The van der Waals surface area contributed by atoms with Crippen LogP contribution in [0.25, 0.3) is 11.0 Å². The summed E-state index contributed by atoms with van der Waals surface area (Å²) in [6, 6.07) is 12.4. The van der Waals surface area contributed by atoms with E-state index in [0.717, 1.165) is 12.0 Å². The van der Waals surface area contributed by atoms with E-state index in [1.807, 2.05) is 34.9 Å². The second-order valence-corrected chi connectivity index (χ2v) is 7.14. The molecule has 0 spiro atoms. The Morgan fingerprint density at radius 2 is 1.94 bits per heavy atom. The number of carbonyl (C=O) groups excluding carboxylic acids is 3. The Labute approximate surface area is 179 Å². The number of hydrogen-bond donors (Lipinski definition) is 3. The van der Waals surface area contributed by atoms with Gasteiger partial charge in [-0.3, -0.25) is 14.4 Å². The number of nitrogens with zero attached hydrogens (tertiary/aromatic N) is 2. The molecule has 0 fully saturated rings. The van der Waals surface area contributed by atoms with Crippen molar-refractivity contribution in [2.45, 2.75) is 25.9 Å². The highest BCUT2D eigenvalue weighted by Gasteiger charge is 2.20. The lowest BCUT2D eigenvalue weighted by Gasteiger charge is -2.14. The Bertz CT molecular complexity index is 1090. The summed E-state index contributed by atoms with van der Waals surface area (Å²) in [6.45, 7) is 1.99. The summed E-state index contributed by atoms with van der Waals surface area (Å²) >= 11 is 0. The number of nitrogens with one attached hydrogen (secondary N) is 2. The number of benzene rings is 2. The molecule has 31 heavy (non-hydrogen) atoms. The molecule has 0 radical (unpaired) electrons. The Morgan fingerprint density at radius 3 is 2.61 bits per heavy atom. The summed E-state index contributed by atoms with van der Waals surface area (Å²) < 4.78 is 6.72. The summed E-state index contributed by atoms with van der Waals surface area (Å²) in [6.07, 6.45) is 2.40. The number of amides is 3. The summed E-state index contributed by atoms with van der Waals surface area (Å²) in [5, 5.41) is 5.28. The number of hydrogen-bond acceptors (Lipinski definition) is 5. The average Bonchev–Trinajstić information content (AvgIpc) is 3.15. The second-order valence-electron chi connectivity index (χ2n) is 7.14. The fourth-order valence-electron chi connectivity index (χ4n) is 3.19. The standard InChI is InChI=1S/C22H25N5O4/c1-14(21(23)29)25-22(30)17-10-16(26-19(28)12-31-2)11-18-20(17)27(13-24-18)9-8-15-6-4-3-5-7-15/h3-7,10-11,13-14H,8-9,12H2,1-2H3,(H2,23,29)(H,25,30)(H,26,28)/t14-/m0/s1. The van der Waals surface area contributed by atoms with E-state index < -0.39 is 17.9 Å². The van der Waals surface area contributed by atoms with Gasteiger partial charge in [0.1, 0.15) is 12.6 Å². The zero-order chi connectivity index (χ0) is 22.4. The molecule has 0 unspecified atom stereocenters. The molecule has 162 valence electrons. The molecule has 1 atom stereocenters. The van der Waals surface area contributed by atoms with Crippen LogP contribution in [-0.2, 0) is 27.3 Å². The Hall–Kier alpha value is -3.72. The Morgan fingerprint density at radius 1 is 1.19 bits per heavy atom. The molecule has 4 N–H and O–H groups in total. The quantitative estimate of drug-likeness (QED) is 0.480. The van der Waals surface area contributed by atoms with Crippen molar-refractivity contribution in [2.24, 2.45) is 5.73 Å². The molecule has 0 saturated carbocycles. The van der Waals surface area contributed by atoms with Crippen molar-refractivity contribution in [3.05, 3.63) is 59.9 Å². The predicted octanol–water partition coefficient (Wildman–Crippen LogP) is 1.47. The van der Waals surface area contributed by atoms with Gasteiger partial charge in [0.25, 0.3) is 5.91 Å². The normalized spacial score (nSPS) is 11.8. The summed E-state index contributed by atoms with van der Waals surface area (Å²) in [7, 11) is 1.42. The van der Waals surface area contributed by atoms with Gasteiger partial charge in [-0.2, -0.15) is 0 Å². The van der Waals surface area contributed by atoms with Crippen LogP contribution >= 0.6 is 0 Å². The van der Waals surface area contributed by atoms with Gasteiger partial charge in [-0.25, -0.2) is 4.98 Å². The minimum absolute atomic E-state index is 0.121. The van der Waals surface area contributed by atoms with Crippen molar-refractivity contribution < 1.29 is 19.1 Å². The van der Waals surface area contributed by atoms with Gasteiger partial charge in [0.05, 0.1) is 22.9 Å². The van der Waals surface area contributed by atoms with E-state index in [4.69, 9.17) is 10.5 Å². The molecule has 1 aromatic heterocycles. The van der Waals surface area contributed by atoms with Gasteiger partial charge in [0.15, 0.2) is 0 Å². The molecule has 3 amide bonds. The number of rotatable bonds is 9. The first-order valence-electron chi connectivity index (χ1n) is 9.81. The Balaban J connectivity index is 1.97. The van der Waals surface area contributed by atoms with Crippen LogP contribution in [0.5, 0.6) is 0 Å². The molecule has 3 aromatic rings. The van der Waals surface area contributed by atoms with E-state index >= 15 is 0 Å². The monoisotopic (exact) mass is 423 g/mol. The highest BCUT2D eigenvalue weighted by Crippen LogP contribution is 2.24. The maximum absolute atomic E-state index is 13.0. The molecule has 9 nitrogen and oxygen atoms in total. The van der Waals surface area contributed by atoms with Crippen molar-refractivity contribution in [1.29, 1.82) is 0 Å². The molecule has 0 aliphatic rings. The first-order chi connectivity index (χ1) is 14.9. The molecule has 9 heteroatoms. The fourth-order valence-corrected chi connectivity index (χ4v) is 3.19. The highest BCUT2D eigenvalue weighted by molar-refractivity contribution is 6.08. The zero-order valence-electron chi connectivity index (χ0n) is 17.4. The number of ether oxygens (including phenoxy) is 1. The molecular formula is C22H25N5O4. The van der Waals surface area contributed by atoms with Crippen LogP contribution in [0.3, 0.4) is 0 Å². The molecule has 0 saturated heterocycles. The van der Waals surface area contributed by atoms with E-state index in [1.54, 1.807) is 18.5 Å². The minimum Gasteiger partial charge on any atom is -0.375 e. The maximum atomic E-state index is 13.0. The predicted molar refractivity (Wildman–Crippen MR) is 117 cm³/mol. The molecule has 1 heterocycles. The van der Waals surface area contributed by atoms with Gasteiger partial charge in [0, 0.05) is 19.3 Å². The van der Waals surface area contributed by atoms with Crippen LogP contribution in [-0.4, -0.2) is 47.0 Å². The van der Waals surface area contributed by atoms with Crippen molar-refractivity contribution >= 4 is 34.4 Å². The van der Waals surface area contributed by atoms with Gasteiger partial charge >= 0.3 is 0 Å². The first kappa shape index (κ1) is 22.0. The van der Waals surface area contributed by atoms with Gasteiger partial charge in [-0.05, 0) is 31.0 Å². The van der Waals surface area contributed by atoms with E-state index in [1.165, 1.54) is 14.0 Å². The third-order valence-electron chi connectivity index (χ3n) is 4.78. The molecule has 0 aliphatic heterocycles. The SMILES string of the molecule is COCC(=O)Nc1cc(C(=O)N[C@@H](C)C(N)=O)c2c(c1)ncn2CCc1ccccc1. The Kier molecular flexibility index (Phi) is 6.99. The van der Waals surface area contributed by atoms with Crippen LogP contribution in [0.2, 0.25) is 0 Å². The van der Waals surface area contributed by atoms with Crippen LogP contribution in [0, 0.1) is 0 Å².